The fraction of sp³-hybridized carbons (Fsp3) is 0.614. The van der Waals surface area contributed by atoms with Gasteiger partial charge in [-0.3, -0.25) is 24.0 Å². The molecule has 2 aromatic heterocycles. The Morgan fingerprint density at radius 1 is 0.692 bits per heavy atom. The summed E-state index contributed by atoms with van der Waals surface area (Å²) in [6.45, 7) is 10.1. The van der Waals surface area contributed by atoms with Crippen molar-refractivity contribution in [3.05, 3.63) is 94.9 Å². The van der Waals surface area contributed by atoms with Crippen LogP contribution in [0, 0.1) is 70.5 Å². The molecule has 78 heavy (non-hydrogen) atoms. The SMILES string of the molecule is Cc1ccc(C2O[C@@H]3C[C@H]4[C@@H]5C[C@H](F)C6=CC(=O)C=C[C@]6(C)[C@@]5(F)[C@@H](O)C[C@]4(C)[C@]3(C(=O)SC(=O)N(C)C)O2)o1.Cc1ccc(C2O[C@@H]3C[C@H]4[C@@H]5C[C@H](F)C6=CC(=O)C=C[C@]6(C)[C@@]5(F)[C@@H](O)C[C@]4(C)[C@]3(C(=O)SCC#N)O2)o1. The molecule has 2 saturated heterocycles. The van der Waals surface area contributed by atoms with Gasteiger partial charge in [0.2, 0.25) is 22.8 Å². The first-order valence-corrected chi connectivity index (χ1v) is 28.1. The van der Waals surface area contributed by atoms with Crippen molar-refractivity contribution in [2.45, 2.75) is 152 Å². The molecule has 4 heterocycles. The minimum atomic E-state index is -2.31. The summed E-state index contributed by atoms with van der Waals surface area (Å²) in [4.78, 5) is 66.1. The van der Waals surface area contributed by atoms with Crippen molar-refractivity contribution in [1.29, 1.82) is 5.26 Å². The van der Waals surface area contributed by atoms with Crippen molar-refractivity contribution in [2.24, 2.45) is 45.3 Å². The van der Waals surface area contributed by atoms with E-state index in [-0.39, 0.29) is 55.4 Å². The molecule has 2 unspecified atom stereocenters. The number of aliphatic hydroxyl groups is 2. The number of thioether (sulfide) groups is 2. The summed E-state index contributed by atoms with van der Waals surface area (Å²) >= 11 is 1.28. The van der Waals surface area contributed by atoms with Gasteiger partial charge in [0.15, 0.2) is 45.6 Å². The second kappa shape index (κ2) is 18.4. The maximum Gasteiger partial charge on any atom is 0.288 e. The van der Waals surface area contributed by atoms with Gasteiger partial charge in [-0.15, -0.1) is 0 Å². The molecule has 8 aliphatic carbocycles. The summed E-state index contributed by atoms with van der Waals surface area (Å²) in [5.41, 5.74) is -13.3. The largest absolute Gasteiger partial charge is 0.461 e. The predicted octanol–water partition coefficient (Wildman–Crippen LogP) is 9.06. The number of hydrogen-bond donors (Lipinski definition) is 2. The Morgan fingerprint density at radius 3 is 1.50 bits per heavy atom. The summed E-state index contributed by atoms with van der Waals surface area (Å²) in [6, 6.07) is 8.82. The number of hydrogen-bond acceptors (Lipinski definition) is 16. The lowest BCUT2D eigenvalue weighted by molar-refractivity contribution is -0.233. The average Bonchev–Trinajstić information content (AvgIpc) is 3.29. The Labute approximate surface area is 456 Å². The van der Waals surface area contributed by atoms with Crippen molar-refractivity contribution in [1.82, 2.24) is 4.90 Å². The number of nitriles is 1. The molecule has 2 aromatic rings. The normalized spacial score (nSPS) is 46.1. The molecule has 0 bridgehead atoms. The van der Waals surface area contributed by atoms with E-state index in [0.29, 0.717) is 34.8 Å². The fourth-order valence-electron chi connectivity index (χ4n) is 16.5. The number of amides is 1. The van der Waals surface area contributed by atoms with Gasteiger partial charge in [0.05, 0.1) is 36.2 Å². The third-order valence-corrected chi connectivity index (χ3v) is 22.0. The van der Waals surface area contributed by atoms with Crippen LogP contribution in [0.5, 0.6) is 0 Å². The molecule has 2 aliphatic heterocycles. The van der Waals surface area contributed by atoms with Crippen LogP contribution in [0.1, 0.15) is 102 Å². The number of aryl methyl sites for hydroxylation is 2. The Hall–Kier alpha value is -4.66. The predicted molar refractivity (Wildman–Crippen MR) is 273 cm³/mol. The molecule has 0 radical (unpaired) electrons. The number of aliphatic hydroxyl groups excluding tert-OH is 2. The highest BCUT2D eigenvalue weighted by molar-refractivity contribution is 8.26. The van der Waals surface area contributed by atoms with Crippen molar-refractivity contribution < 1.29 is 79.5 Å². The van der Waals surface area contributed by atoms with Gasteiger partial charge >= 0.3 is 0 Å². The van der Waals surface area contributed by atoms with Crippen LogP contribution in [-0.2, 0) is 38.1 Å². The second-order valence-electron chi connectivity index (χ2n) is 24.0. The molecule has 8 fully saturated rings. The number of ether oxygens (including phenoxy) is 4. The minimum Gasteiger partial charge on any atom is -0.461 e. The maximum atomic E-state index is 17.5. The zero-order valence-corrected chi connectivity index (χ0v) is 45.9. The van der Waals surface area contributed by atoms with E-state index in [1.807, 2.05) is 6.07 Å². The van der Waals surface area contributed by atoms with Crippen LogP contribution in [0.3, 0.4) is 0 Å². The Kier molecular flexibility index (Phi) is 13.1. The fourth-order valence-corrected chi connectivity index (χ4v) is 18.2. The molecule has 21 heteroatoms. The van der Waals surface area contributed by atoms with Crippen molar-refractivity contribution >= 4 is 50.6 Å². The molecule has 6 saturated carbocycles. The smallest absolute Gasteiger partial charge is 0.288 e. The number of carbonyl (C=O) groups is 5. The molecule has 20 atom stereocenters. The molecule has 0 aromatic carbocycles. The van der Waals surface area contributed by atoms with Gasteiger partial charge in [-0.2, -0.15) is 5.26 Å². The highest BCUT2D eigenvalue weighted by Crippen LogP contribution is 2.75. The van der Waals surface area contributed by atoms with Crippen LogP contribution in [0.15, 0.2) is 80.7 Å². The molecular formula is C57H62F4N2O13S2. The lowest BCUT2D eigenvalue weighted by Gasteiger charge is -2.63. The van der Waals surface area contributed by atoms with Gasteiger partial charge in [0.1, 0.15) is 23.9 Å². The van der Waals surface area contributed by atoms with Crippen molar-refractivity contribution in [3.63, 3.8) is 0 Å². The molecule has 0 spiro atoms. The molecular weight excluding hydrogens is 1060 g/mol. The van der Waals surface area contributed by atoms with Crippen LogP contribution in [-0.4, -0.2) is 121 Å². The number of allylic oxidation sites excluding steroid dienone is 8. The number of nitrogens with zero attached hydrogens (tertiary/aromatic N) is 2. The van der Waals surface area contributed by atoms with Crippen LogP contribution in [0.25, 0.3) is 0 Å². The second-order valence-corrected chi connectivity index (χ2v) is 25.9. The first-order valence-electron chi connectivity index (χ1n) is 26.3. The molecule has 12 rings (SSSR count). The highest BCUT2D eigenvalue weighted by Gasteiger charge is 2.82. The van der Waals surface area contributed by atoms with E-state index in [1.54, 1.807) is 52.0 Å². The average molecular weight is 1120 g/mol. The molecule has 15 nitrogen and oxygen atoms in total. The van der Waals surface area contributed by atoms with Crippen molar-refractivity contribution in [3.8, 4) is 6.07 Å². The maximum absolute atomic E-state index is 17.5. The van der Waals surface area contributed by atoms with E-state index < -0.39 is 144 Å². The molecule has 10 aliphatic rings. The first kappa shape index (κ1) is 55.3. The summed E-state index contributed by atoms with van der Waals surface area (Å²) in [6.07, 6.45) is -3.12. The summed E-state index contributed by atoms with van der Waals surface area (Å²) in [5, 5.41) is 30.9. The third-order valence-electron chi connectivity index (χ3n) is 20.1. The lowest BCUT2D eigenvalue weighted by Crippen LogP contribution is -2.70. The monoisotopic (exact) mass is 1120 g/mol. The number of ketones is 2. The zero-order chi connectivity index (χ0) is 56.2. The van der Waals surface area contributed by atoms with Crippen molar-refractivity contribution in [2.75, 3.05) is 19.8 Å². The lowest BCUT2D eigenvalue weighted by atomic mass is 9.44. The number of furan rings is 2. The summed E-state index contributed by atoms with van der Waals surface area (Å²) < 4.78 is 103. The molecule has 1 amide bonds. The van der Waals surface area contributed by atoms with Crippen LogP contribution < -0.4 is 0 Å². The van der Waals surface area contributed by atoms with Crippen LogP contribution >= 0.6 is 23.5 Å². The van der Waals surface area contributed by atoms with E-state index >= 15 is 17.6 Å². The highest BCUT2D eigenvalue weighted by atomic mass is 32.2. The summed E-state index contributed by atoms with van der Waals surface area (Å²) in [5.74, 6) is -2.16. The van der Waals surface area contributed by atoms with Gasteiger partial charge in [-0.05, 0) is 138 Å². The quantitative estimate of drug-likeness (QED) is 0.267. The number of rotatable bonds is 5. The van der Waals surface area contributed by atoms with Crippen LogP contribution in [0.2, 0.25) is 0 Å². The molecule has 2 N–H and O–H groups in total. The van der Waals surface area contributed by atoms with Gasteiger partial charge in [0, 0.05) is 59.4 Å². The third kappa shape index (κ3) is 7.20. The molecule has 418 valence electrons. The summed E-state index contributed by atoms with van der Waals surface area (Å²) in [7, 11) is 3.05. The van der Waals surface area contributed by atoms with E-state index in [1.165, 1.54) is 57.1 Å². The topological polar surface area (TPSA) is 216 Å². The van der Waals surface area contributed by atoms with E-state index in [4.69, 9.17) is 33.0 Å². The van der Waals surface area contributed by atoms with Crippen LogP contribution in [0.4, 0.5) is 22.4 Å². The van der Waals surface area contributed by atoms with Gasteiger partial charge < -0.3 is 42.9 Å². The Bertz CT molecular complexity index is 3080. The van der Waals surface area contributed by atoms with Gasteiger partial charge in [-0.25, -0.2) is 17.6 Å². The standard InChI is InChI=1S/C29H33F2NO7S.C28H29F2NO6S/c1-14-6-7-20(37-14)23-38-22-12-16-17-11-19(30)18-10-15(33)8-9-26(18,2)28(17,31)21(34)13-27(16,3)29(22,39-23)24(35)40-25(36)32(4)5;1-14-4-5-20(35-14)23-36-22-12-16-17-11-19(29)18-10-15(32)6-7-25(18,2)27(17,30)21(33)13-26(16,3)28(22,37-23)24(34)38-9-8-31/h6-10,16-17,19,21-23,34H,11-13H2,1-5H3;4-7,10,16-17,19,21-23,33H,9,11-13H2,1-3H3/t16-,17-,19-,21-,22+,23?,26-,27-,28-,29-;16-,17-,19-,21-,22+,23?,25-,26-,27-,28-/m00/s1. The van der Waals surface area contributed by atoms with Gasteiger partial charge in [0.25, 0.3) is 5.24 Å². The number of carbonyl (C=O) groups excluding carboxylic acids is 5. The zero-order valence-electron chi connectivity index (χ0n) is 44.3. The Balaban J connectivity index is 0.000000166. The first-order chi connectivity index (χ1) is 36.6. The van der Waals surface area contributed by atoms with E-state index in [0.717, 1.165) is 23.9 Å². The Morgan fingerprint density at radius 2 is 1.12 bits per heavy atom. The number of halogens is 4. The van der Waals surface area contributed by atoms with E-state index in [2.05, 4.69) is 0 Å². The number of alkyl halides is 4. The minimum absolute atomic E-state index is 0.0262. The number of fused-ring (bicyclic) bond motifs is 14. The van der Waals surface area contributed by atoms with E-state index in [9.17, 15) is 34.2 Å². The van der Waals surface area contributed by atoms with Gasteiger partial charge in [-0.1, -0.05) is 37.8 Å².